The van der Waals surface area contributed by atoms with Gasteiger partial charge < -0.3 is 9.64 Å². The van der Waals surface area contributed by atoms with Gasteiger partial charge in [-0.25, -0.2) is 9.07 Å². The number of ether oxygens (including phenoxy) is 1. The third-order valence-electron chi connectivity index (χ3n) is 5.48. The topological polar surface area (TPSA) is 47.4 Å². The summed E-state index contributed by atoms with van der Waals surface area (Å²) in [5.74, 6) is 0.127. The Morgan fingerprint density at radius 2 is 1.68 bits per heavy atom. The number of aromatic nitrogens is 2. The van der Waals surface area contributed by atoms with Crippen LogP contribution in [0.15, 0.2) is 78.9 Å². The molecular weight excluding hydrogens is 453 g/mol. The van der Waals surface area contributed by atoms with Gasteiger partial charge in [0.2, 0.25) is 5.88 Å². The van der Waals surface area contributed by atoms with Crippen LogP contribution in [0.1, 0.15) is 35.5 Å². The summed E-state index contributed by atoms with van der Waals surface area (Å²) < 4.78 is 22.4. The molecule has 0 bridgehead atoms. The van der Waals surface area contributed by atoms with Crippen molar-refractivity contribution in [3.8, 4) is 17.3 Å². The summed E-state index contributed by atoms with van der Waals surface area (Å²) in [6.45, 7) is 5.87. The number of benzene rings is 3. The highest BCUT2D eigenvalue weighted by atomic mass is 35.5. The molecule has 0 atom stereocenters. The van der Waals surface area contributed by atoms with Gasteiger partial charge in [-0.1, -0.05) is 41.9 Å². The Labute approximate surface area is 203 Å². The molecule has 0 aliphatic carbocycles. The highest BCUT2D eigenvalue weighted by molar-refractivity contribution is 6.30. The molecular formula is C27H25ClFN3O2. The van der Waals surface area contributed by atoms with Crippen molar-refractivity contribution in [3.05, 3.63) is 107 Å². The van der Waals surface area contributed by atoms with Gasteiger partial charge in [0.05, 0.1) is 29.1 Å². The van der Waals surface area contributed by atoms with E-state index in [4.69, 9.17) is 21.4 Å². The zero-order chi connectivity index (χ0) is 24.2. The Bertz CT molecular complexity index is 1290. The van der Waals surface area contributed by atoms with Crippen LogP contribution >= 0.6 is 11.6 Å². The van der Waals surface area contributed by atoms with Crippen molar-refractivity contribution in [2.75, 3.05) is 0 Å². The summed E-state index contributed by atoms with van der Waals surface area (Å²) in [5.41, 5.74) is 2.29. The number of halogens is 2. The molecule has 1 amide bonds. The van der Waals surface area contributed by atoms with Crippen molar-refractivity contribution < 1.29 is 13.9 Å². The van der Waals surface area contributed by atoms with Gasteiger partial charge in [0.15, 0.2) is 0 Å². The van der Waals surface area contributed by atoms with Crippen LogP contribution in [0.5, 0.6) is 11.6 Å². The molecule has 4 rings (SSSR count). The normalized spacial score (nSPS) is 11.0. The fraction of sp³-hybridized carbons (Fsp3) is 0.185. The number of aryl methyl sites for hydroxylation is 1. The molecule has 0 aliphatic rings. The molecule has 3 aromatic carbocycles. The van der Waals surface area contributed by atoms with Gasteiger partial charge in [-0.2, -0.15) is 5.10 Å². The van der Waals surface area contributed by atoms with Crippen molar-refractivity contribution in [3.63, 3.8) is 0 Å². The van der Waals surface area contributed by atoms with E-state index in [1.807, 2.05) is 51.1 Å². The van der Waals surface area contributed by atoms with Crippen LogP contribution in [0.25, 0.3) is 5.69 Å². The second-order valence-corrected chi connectivity index (χ2v) is 8.62. The van der Waals surface area contributed by atoms with Crippen molar-refractivity contribution in [1.29, 1.82) is 0 Å². The maximum Gasteiger partial charge on any atom is 0.257 e. The number of carbonyl (C=O) groups excluding carboxylic acids is 1. The molecule has 0 unspecified atom stereocenters. The standard InChI is InChI=1S/C27H25ClFN3O2/c1-18(2)31(26(33)23-11-7-8-12-25(23)29)17-24-19(3)30-32(21-9-5-4-6-10-21)27(24)34-22-15-13-20(28)14-16-22/h4-16,18H,17H2,1-3H3. The molecule has 1 aromatic heterocycles. The van der Waals surface area contributed by atoms with E-state index in [0.29, 0.717) is 22.3 Å². The number of rotatable bonds is 7. The first kappa shape index (κ1) is 23.5. The average Bonchev–Trinajstić information content (AvgIpc) is 3.14. The Hall–Kier alpha value is -3.64. The second-order valence-electron chi connectivity index (χ2n) is 8.18. The Morgan fingerprint density at radius 3 is 2.32 bits per heavy atom. The molecule has 0 fully saturated rings. The Kier molecular flexibility index (Phi) is 6.98. The van der Waals surface area contributed by atoms with Crippen LogP contribution < -0.4 is 4.74 Å². The van der Waals surface area contributed by atoms with Gasteiger partial charge in [0.25, 0.3) is 5.91 Å². The lowest BCUT2D eigenvalue weighted by Gasteiger charge is -2.27. The van der Waals surface area contributed by atoms with E-state index in [9.17, 15) is 9.18 Å². The molecule has 34 heavy (non-hydrogen) atoms. The zero-order valence-corrected chi connectivity index (χ0v) is 20.0. The van der Waals surface area contributed by atoms with Crippen molar-refractivity contribution in [2.45, 2.75) is 33.4 Å². The van der Waals surface area contributed by atoms with E-state index in [1.165, 1.54) is 12.1 Å². The highest BCUT2D eigenvalue weighted by Gasteiger charge is 2.27. The van der Waals surface area contributed by atoms with E-state index in [0.717, 1.165) is 11.3 Å². The van der Waals surface area contributed by atoms with Crippen LogP contribution in [-0.4, -0.2) is 26.6 Å². The smallest absolute Gasteiger partial charge is 0.257 e. The van der Waals surface area contributed by atoms with Gasteiger partial charge >= 0.3 is 0 Å². The molecule has 0 radical (unpaired) electrons. The van der Waals surface area contributed by atoms with Crippen molar-refractivity contribution in [2.24, 2.45) is 0 Å². The molecule has 0 saturated carbocycles. The van der Waals surface area contributed by atoms with Crippen molar-refractivity contribution in [1.82, 2.24) is 14.7 Å². The summed E-state index contributed by atoms with van der Waals surface area (Å²) >= 11 is 6.04. The van der Waals surface area contributed by atoms with E-state index < -0.39 is 11.7 Å². The predicted molar refractivity (Wildman–Crippen MR) is 131 cm³/mol. The molecule has 0 saturated heterocycles. The number of hydrogen-bond donors (Lipinski definition) is 0. The number of carbonyl (C=O) groups is 1. The quantitative estimate of drug-likeness (QED) is 0.293. The number of para-hydroxylation sites is 1. The van der Waals surface area contributed by atoms with Crippen LogP contribution in [0, 0.1) is 12.7 Å². The van der Waals surface area contributed by atoms with Gasteiger partial charge in [-0.3, -0.25) is 4.79 Å². The molecule has 4 aromatic rings. The summed E-state index contributed by atoms with van der Waals surface area (Å²) in [6, 6.07) is 22.5. The summed E-state index contributed by atoms with van der Waals surface area (Å²) in [4.78, 5) is 14.9. The van der Waals surface area contributed by atoms with E-state index in [1.54, 1.807) is 46.0 Å². The fourth-order valence-electron chi connectivity index (χ4n) is 3.63. The van der Waals surface area contributed by atoms with Gasteiger partial charge in [0.1, 0.15) is 11.6 Å². The summed E-state index contributed by atoms with van der Waals surface area (Å²) in [7, 11) is 0. The lowest BCUT2D eigenvalue weighted by atomic mass is 10.1. The van der Waals surface area contributed by atoms with Gasteiger partial charge in [-0.15, -0.1) is 0 Å². The van der Waals surface area contributed by atoms with Crippen LogP contribution in [0.4, 0.5) is 4.39 Å². The van der Waals surface area contributed by atoms with E-state index in [2.05, 4.69) is 0 Å². The maximum atomic E-state index is 14.4. The third kappa shape index (κ3) is 4.97. The molecule has 0 spiro atoms. The minimum absolute atomic E-state index is 0.0319. The third-order valence-corrected chi connectivity index (χ3v) is 5.74. The van der Waals surface area contributed by atoms with E-state index >= 15 is 0 Å². The number of nitrogens with zero attached hydrogens (tertiary/aromatic N) is 3. The largest absolute Gasteiger partial charge is 0.439 e. The average molecular weight is 478 g/mol. The Morgan fingerprint density at radius 1 is 1.03 bits per heavy atom. The molecule has 7 heteroatoms. The minimum Gasteiger partial charge on any atom is -0.439 e. The molecule has 0 aliphatic heterocycles. The summed E-state index contributed by atoms with van der Waals surface area (Å²) in [5, 5.41) is 5.31. The van der Waals surface area contributed by atoms with Crippen LogP contribution in [-0.2, 0) is 6.54 Å². The first-order valence-electron chi connectivity index (χ1n) is 11.0. The monoisotopic (exact) mass is 477 g/mol. The Balaban J connectivity index is 1.78. The molecule has 1 heterocycles. The highest BCUT2D eigenvalue weighted by Crippen LogP contribution is 2.33. The van der Waals surface area contributed by atoms with Crippen LogP contribution in [0.3, 0.4) is 0 Å². The molecule has 5 nitrogen and oxygen atoms in total. The SMILES string of the molecule is Cc1nn(-c2ccccc2)c(Oc2ccc(Cl)cc2)c1CN(C(=O)c1ccccc1F)C(C)C. The lowest BCUT2D eigenvalue weighted by Crippen LogP contribution is -2.37. The summed E-state index contributed by atoms with van der Waals surface area (Å²) in [6.07, 6.45) is 0. The van der Waals surface area contributed by atoms with E-state index in [-0.39, 0.29) is 18.2 Å². The first-order chi connectivity index (χ1) is 16.3. The first-order valence-corrected chi connectivity index (χ1v) is 11.4. The minimum atomic E-state index is -0.549. The van der Waals surface area contributed by atoms with Gasteiger partial charge in [0, 0.05) is 11.1 Å². The fourth-order valence-corrected chi connectivity index (χ4v) is 3.76. The van der Waals surface area contributed by atoms with Crippen LogP contribution in [0.2, 0.25) is 5.02 Å². The maximum absolute atomic E-state index is 14.4. The predicted octanol–water partition coefficient (Wildman–Crippen LogP) is 6.82. The lowest BCUT2D eigenvalue weighted by molar-refractivity contribution is 0.0684. The molecule has 174 valence electrons. The second kappa shape index (κ2) is 10.1. The van der Waals surface area contributed by atoms with Crippen molar-refractivity contribution >= 4 is 17.5 Å². The number of amides is 1. The van der Waals surface area contributed by atoms with Gasteiger partial charge in [-0.05, 0) is 69.3 Å². The zero-order valence-electron chi connectivity index (χ0n) is 19.2. The number of hydrogen-bond acceptors (Lipinski definition) is 3. The molecule has 0 N–H and O–H groups in total.